The molecule has 1 heterocycles. The SMILES string of the molecule is CC(=O)Nc1ccc(C(=O)NCC2(O)CCCCC2)s1. The zero-order valence-electron chi connectivity index (χ0n) is 11.6. The second-order valence-corrected chi connectivity index (χ2v) is 6.40. The normalized spacial score (nSPS) is 17.5. The van der Waals surface area contributed by atoms with Crippen LogP contribution in [0.5, 0.6) is 0 Å². The topological polar surface area (TPSA) is 78.4 Å². The molecule has 0 radical (unpaired) electrons. The Morgan fingerprint density at radius 1 is 1.30 bits per heavy atom. The molecule has 5 nitrogen and oxygen atoms in total. The van der Waals surface area contributed by atoms with Gasteiger partial charge in [0.1, 0.15) is 0 Å². The predicted octanol–water partition coefficient (Wildman–Crippen LogP) is 2.13. The summed E-state index contributed by atoms with van der Waals surface area (Å²) in [6, 6.07) is 3.38. The van der Waals surface area contributed by atoms with Gasteiger partial charge in [-0.2, -0.15) is 0 Å². The fraction of sp³-hybridized carbons (Fsp3) is 0.571. The fourth-order valence-electron chi connectivity index (χ4n) is 2.42. The molecule has 2 amide bonds. The smallest absolute Gasteiger partial charge is 0.261 e. The first-order valence-electron chi connectivity index (χ1n) is 6.87. The molecule has 20 heavy (non-hydrogen) atoms. The highest BCUT2D eigenvalue weighted by Gasteiger charge is 2.29. The molecule has 0 aliphatic heterocycles. The maximum Gasteiger partial charge on any atom is 0.261 e. The van der Waals surface area contributed by atoms with Crippen LogP contribution in [-0.4, -0.2) is 29.1 Å². The van der Waals surface area contributed by atoms with Crippen molar-refractivity contribution in [3.63, 3.8) is 0 Å². The summed E-state index contributed by atoms with van der Waals surface area (Å²) < 4.78 is 0. The molecular weight excluding hydrogens is 276 g/mol. The summed E-state index contributed by atoms with van der Waals surface area (Å²) in [6.07, 6.45) is 4.67. The first-order chi connectivity index (χ1) is 9.48. The summed E-state index contributed by atoms with van der Waals surface area (Å²) in [7, 11) is 0. The number of amides is 2. The predicted molar refractivity (Wildman–Crippen MR) is 79.0 cm³/mol. The molecule has 1 aromatic rings. The molecule has 0 aromatic carbocycles. The second-order valence-electron chi connectivity index (χ2n) is 5.31. The first-order valence-corrected chi connectivity index (χ1v) is 7.68. The maximum atomic E-state index is 12.0. The van der Waals surface area contributed by atoms with E-state index in [0.29, 0.717) is 16.4 Å². The number of nitrogens with one attached hydrogen (secondary N) is 2. The van der Waals surface area contributed by atoms with E-state index >= 15 is 0 Å². The Morgan fingerprint density at radius 2 is 2.00 bits per heavy atom. The molecule has 1 aromatic heterocycles. The Hall–Kier alpha value is -1.40. The highest BCUT2D eigenvalue weighted by atomic mass is 32.1. The maximum absolute atomic E-state index is 12.0. The third kappa shape index (κ3) is 4.05. The zero-order valence-corrected chi connectivity index (χ0v) is 12.4. The molecule has 3 N–H and O–H groups in total. The number of carbonyl (C=O) groups is 2. The Labute approximate surface area is 122 Å². The Kier molecular flexibility index (Phi) is 4.77. The number of hydrogen-bond acceptors (Lipinski definition) is 4. The lowest BCUT2D eigenvalue weighted by Gasteiger charge is -2.32. The average Bonchev–Trinajstić information content (AvgIpc) is 2.85. The van der Waals surface area contributed by atoms with Crippen molar-refractivity contribution in [2.45, 2.75) is 44.6 Å². The van der Waals surface area contributed by atoms with Crippen LogP contribution in [-0.2, 0) is 4.79 Å². The number of rotatable bonds is 4. The fourth-order valence-corrected chi connectivity index (χ4v) is 3.29. The van der Waals surface area contributed by atoms with Crippen molar-refractivity contribution in [3.8, 4) is 0 Å². The van der Waals surface area contributed by atoms with Gasteiger partial charge in [-0.05, 0) is 25.0 Å². The van der Waals surface area contributed by atoms with Crippen LogP contribution in [0.4, 0.5) is 5.00 Å². The van der Waals surface area contributed by atoms with Crippen molar-refractivity contribution in [2.75, 3.05) is 11.9 Å². The van der Waals surface area contributed by atoms with Crippen LogP contribution in [0.25, 0.3) is 0 Å². The summed E-state index contributed by atoms with van der Waals surface area (Å²) in [4.78, 5) is 23.5. The lowest BCUT2D eigenvalue weighted by atomic mass is 9.85. The minimum Gasteiger partial charge on any atom is -0.388 e. The van der Waals surface area contributed by atoms with E-state index in [2.05, 4.69) is 10.6 Å². The largest absolute Gasteiger partial charge is 0.388 e. The van der Waals surface area contributed by atoms with Crippen molar-refractivity contribution in [3.05, 3.63) is 17.0 Å². The molecule has 6 heteroatoms. The number of hydrogen-bond donors (Lipinski definition) is 3. The quantitative estimate of drug-likeness (QED) is 0.796. The van der Waals surface area contributed by atoms with Gasteiger partial charge in [-0.3, -0.25) is 9.59 Å². The third-order valence-corrected chi connectivity index (χ3v) is 4.49. The molecule has 1 saturated carbocycles. The molecule has 2 rings (SSSR count). The van der Waals surface area contributed by atoms with E-state index in [4.69, 9.17) is 0 Å². The summed E-state index contributed by atoms with van der Waals surface area (Å²) in [5.74, 6) is -0.360. The minimum atomic E-state index is -0.758. The van der Waals surface area contributed by atoms with Crippen LogP contribution in [0.1, 0.15) is 48.7 Å². The molecule has 1 fully saturated rings. The standard InChI is InChI=1S/C14H20N2O3S/c1-10(17)16-12-6-5-11(20-12)13(18)15-9-14(19)7-3-2-4-8-14/h5-6,19H,2-4,7-9H2,1H3,(H,15,18)(H,16,17). The second kappa shape index (κ2) is 6.37. The molecule has 1 aliphatic rings. The summed E-state index contributed by atoms with van der Waals surface area (Å²) in [5.41, 5.74) is -0.758. The van der Waals surface area contributed by atoms with Gasteiger partial charge < -0.3 is 15.7 Å². The first kappa shape index (κ1) is 15.0. The molecular formula is C14H20N2O3S. The molecule has 1 aliphatic carbocycles. The van der Waals surface area contributed by atoms with E-state index in [1.165, 1.54) is 18.3 Å². The van der Waals surface area contributed by atoms with E-state index in [1.807, 2.05) is 0 Å². The van der Waals surface area contributed by atoms with Crippen molar-refractivity contribution in [1.82, 2.24) is 5.32 Å². The van der Waals surface area contributed by atoms with Crippen molar-refractivity contribution >= 4 is 28.2 Å². The van der Waals surface area contributed by atoms with Gasteiger partial charge in [-0.1, -0.05) is 19.3 Å². The molecule has 0 spiro atoms. The van der Waals surface area contributed by atoms with E-state index in [-0.39, 0.29) is 11.8 Å². The highest BCUT2D eigenvalue weighted by Crippen LogP contribution is 2.27. The van der Waals surface area contributed by atoms with E-state index in [0.717, 1.165) is 32.1 Å². The number of anilines is 1. The van der Waals surface area contributed by atoms with Gasteiger partial charge in [0.15, 0.2) is 0 Å². The van der Waals surface area contributed by atoms with E-state index in [9.17, 15) is 14.7 Å². The minimum absolute atomic E-state index is 0.157. The van der Waals surface area contributed by atoms with Gasteiger partial charge in [0, 0.05) is 13.5 Å². The monoisotopic (exact) mass is 296 g/mol. The molecule has 110 valence electrons. The van der Waals surface area contributed by atoms with Crippen molar-refractivity contribution < 1.29 is 14.7 Å². The summed E-state index contributed by atoms with van der Waals surface area (Å²) in [6.45, 7) is 1.72. The van der Waals surface area contributed by atoms with E-state index in [1.54, 1.807) is 12.1 Å². The molecule has 0 unspecified atom stereocenters. The van der Waals surface area contributed by atoms with Gasteiger partial charge in [-0.25, -0.2) is 0 Å². The average molecular weight is 296 g/mol. The van der Waals surface area contributed by atoms with Crippen LogP contribution in [0.3, 0.4) is 0 Å². The van der Waals surface area contributed by atoms with Crippen molar-refractivity contribution in [1.29, 1.82) is 0 Å². The van der Waals surface area contributed by atoms with Gasteiger partial charge >= 0.3 is 0 Å². The summed E-state index contributed by atoms with van der Waals surface area (Å²) >= 11 is 1.23. The lowest BCUT2D eigenvalue weighted by Crippen LogP contribution is -2.44. The van der Waals surface area contributed by atoms with Gasteiger partial charge in [-0.15, -0.1) is 11.3 Å². The number of thiophene rings is 1. The van der Waals surface area contributed by atoms with Gasteiger partial charge in [0.25, 0.3) is 5.91 Å². The molecule has 0 saturated heterocycles. The van der Waals surface area contributed by atoms with Gasteiger partial charge in [0.2, 0.25) is 5.91 Å². The van der Waals surface area contributed by atoms with Crippen LogP contribution in [0.15, 0.2) is 12.1 Å². The highest BCUT2D eigenvalue weighted by molar-refractivity contribution is 7.18. The van der Waals surface area contributed by atoms with Crippen LogP contribution < -0.4 is 10.6 Å². The Bertz CT molecular complexity index is 492. The number of aliphatic hydroxyl groups is 1. The Balaban J connectivity index is 1.88. The third-order valence-electron chi connectivity index (χ3n) is 3.49. The van der Waals surface area contributed by atoms with Crippen LogP contribution in [0.2, 0.25) is 0 Å². The van der Waals surface area contributed by atoms with Gasteiger partial charge in [0.05, 0.1) is 15.5 Å². The van der Waals surface area contributed by atoms with Crippen LogP contribution in [0, 0.1) is 0 Å². The summed E-state index contributed by atoms with van der Waals surface area (Å²) in [5, 5.41) is 16.4. The number of carbonyl (C=O) groups excluding carboxylic acids is 2. The van der Waals surface area contributed by atoms with E-state index < -0.39 is 5.60 Å². The Morgan fingerprint density at radius 3 is 2.65 bits per heavy atom. The lowest BCUT2D eigenvalue weighted by molar-refractivity contribution is -0.114. The van der Waals surface area contributed by atoms with Crippen molar-refractivity contribution in [2.24, 2.45) is 0 Å². The molecule has 0 bridgehead atoms. The molecule has 0 atom stereocenters. The zero-order chi connectivity index (χ0) is 14.6. The van der Waals surface area contributed by atoms with Crippen LogP contribution >= 0.6 is 11.3 Å².